The van der Waals surface area contributed by atoms with Gasteiger partial charge in [0, 0.05) is 22.8 Å². The van der Waals surface area contributed by atoms with Crippen molar-refractivity contribution in [3.63, 3.8) is 0 Å². The van der Waals surface area contributed by atoms with Gasteiger partial charge in [-0.05, 0) is 50.6 Å². The maximum Gasteiger partial charge on any atom is 0.310 e. The fraction of sp³-hybridized carbons (Fsp3) is 0.333. The van der Waals surface area contributed by atoms with Crippen molar-refractivity contribution >= 4 is 29.3 Å². The molecule has 150 valence electrons. The van der Waals surface area contributed by atoms with E-state index in [0.29, 0.717) is 21.9 Å². The van der Waals surface area contributed by atoms with E-state index in [-0.39, 0.29) is 24.7 Å². The second-order valence-electron chi connectivity index (χ2n) is 7.14. The first-order chi connectivity index (χ1) is 13.1. The van der Waals surface area contributed by atoms with Crippen LogP contribution >= 0.6 is 11.8 Å². The van der Waals surface area contributed by atoms with Crippen LogP contribution in [0.15, 0.2) is 47.4 Å². The summed E-state index contributed by atoms with van der Waals surface area (Å²) in [6, 6.07) is 10.7. The number of para-hydroxylation sites is 1. The molecule has 28 heavy (non-hydrogen) atoms. The Morgan fingerprint density at radius 1 is 1.07 bits per heavy atom. The Morgan fingerprint density at radius 3 is 2.46 bits per heavy atom. The van der Waals surface area contributed by atoms with E-state index in [4.69, 9.17) is 4.74 Å². The highest BCUT2D eigenvalue weighted by Crippen LogP contribution is 2.22. The van der Waals surface area contributed by atoms with Gasteiger partial charge < -0.3 is 10.1 Å². The number of carbonyl (C=O) groups is 2. The molecule has 1 amide bonds. The van der Waals surface area contributed by atoms with E-state index < -0.39 is 17.2 Å². The summed E-state index contributed by atoms with van der Waals surface area (Å²) >= 11 is 1.26. The SMILES string of the molecule is CC(C)(C)OC(=O)Cc1ccccc1NC(=O)CCSc1ccc(F)c(F)c1. The fourth-order valence-electron chi connectivity index (χ4n) is 2.37. The fourth-order valence-corrected chi connectivity index (χ4v) is 3.24. The molecule has 0 aliphatic rings. The lowest BCUT2D eigenvalue weighted by molar-refractivity contribution is -0.153. The Kier molecular flexibility index (Phi) is 7.57. The molecule has 0 aromatic heterocycles. The van der Waals surface area contributed by atoms with Gasteiger partial charge in [0.15, 0.2) is 11.6 Å². The number of rotatable bonds is 7. The molecule has 0 atom stereocenters. The molecule has 2 rings (SSSR count). The first-order valence-corrected chi connectivity index (χ1v) is 9.80. The highest BCUT2D eigenvalue weighted by Gasteiger charge is 2.18. The largest absolute Gasteiger partial charge is 0.460 e. The van der Waals surface area contributed by atoms with Crippen LogP contribution in [0.1, 0.15) is 32.8 Å². The third kappa shape index (κ3) is 7.31. The van der Waals surface area contributed by atoms with E-state index in [1.54, 1.807) is 45.0 Å². The molecule has 0 radical (unpaired) electrons. The van der Waals surface area contributed by atoms with E-state index in [9.17, 15) is 18.4 Å². The van der Waals surface area contributed by atoms with Gasteiger partial charge >= 0.3 is 5.97 Å². The molecule has 0 saturated heterocycles. The molecule has 0 bridgehead atoms. The number of carbonyl (C=O) groups excluding carboxylic acids is 2. The quantitative estimate of drug-likeness (QED) is 0.520. The number of nitrogens with one attached hydrogen (secondary N) is 1. The molecule has 0 fully saturated rings. The summed E-state index contributed by atoms with van der Waals surface area (Å²) < 4.78 is 31.4. The monoisotopic (exact) mass is 407 g/mol. The van der Waals surface area contributed by atoms with Crippen LogP contribution in [0.4, 0.5) is 14.5 Å². The third-order valence-corrected chi connectivity index (χ3v) is 4.53. The topological polar surface area (TPSA) is 55.4 Å². The predicted molar refractivity (Wildman–Crippen MR) is 106 cm³/mol. The molecular weight excluding hydrogens is 384 g/mol. The summed E-state index contributed by atoms with van der Waals surface area (Å²) in [5.74, 6) is -2.01. The lowest BCUT2D eigenvalue weighted by Crippen LogP contribution is -2.25. The van der Waals surface area contributed by atoms with E-state index in [2.05, 4.69) is 5.32 Å². The maximum absolute atomic E-state index is 13.2. The average molecular weight is 407 g/mol. The van der Waals surface area contributed by atoms with Crippen molar-refractivity contribution in [2.24, 2.45) is 0 Å². The van der Waals surface area contributed by atoms with Gasteiger partial charge in [0.05, 0.1) is 6.42 Å². The summed E-state index contributed by atoms with van der Waals surface area (Å²) in [4.78, 5) is 24.8. The predicted octanol–water partition coefficient (Wildman–Crippen LogP) is 4.97. The standard InChI is InChI=1S/C21H23F2NO3S/c1-21(2,3)27-20(26)12-14-6-4-5-7-18(14)24-19(25)10-11-28-15-8-9-16(22)17(23)13-15/h4-9,13H,10-12H2,1-3H3,(H,24,25). The number of hydrogen-bond donors (Lipinski definition) is 1. The lowest BCUT2D eigenvalue weighted by Gasteiger charge is -2.20. The summed E-state index contributed by atoms with van der Waals surface area (Å²) in [7, 11) is 0. The Morgan fingerprint density at radius 2 is 1.79 bits per heavy atom. The zero-order valence-corrected chi connectivity index (χ0v) is 16.9. The van der Waals surface area contributed by atoms with Gasteiger partial charge in [-0.15, -0.1) is 11.8 Å². The molecule has 0 unspecified atom stereocenters. The molecule has 2 aromatic rings. The summed E-state index contributed by atoms with van der Waals surface area (Å²) in [5.41, 5.74) is 0.640. The van der Waals surface area contributed by atoms with Gasteiger partial charge in [-0.25, -0.2) is 8.78 Å². The van der Waals surface area contributed by atoms with Crippen molar-refractivity contribution in [1.29, 1.82) is 0 Å². The molecule has 7 heteroatoms. The molecular formula is C21H23F2NO3S. The molecule has 2 aromatic carbocycles. The molecule has 0 heterocycles. The number of amides is 1. The normalized spacial score (nSPS) is 11.2. The van der Waals surface area contributed by atoms with Crippen LogP contribution < -0.4 is 5.32 Å². The zero-order chi connectivity index (χ0) is 20.7. The van der Waals surface area contributed by atoms with E-state index in [1.807, 2.05) is 0 Å². The highest BCUT2D eigenvalue weighted by molar-refractivity contribution is 7.99. The molecule has 0 aliphatic carbocycles. The molecule has 0 aliphatic heterocycles. The first-order valence-electron chi connectivity index (χ1n) is 8.81. The van der Waals surface area contributed by atoms with Crippen molar-refractivity contribution in [1.82, 2.24) is 0 Å². The van der Waals surface area contributed by atoms with Gasteiger partial charge in [-0.3, -0.25) is 9.59 Å². The lowest BCUT2D eigenvalue weighted by atomic mass is 10.1. The second-order valence-corrected chi connectivity index (χ2v) is 8.31. The van der Waals surface area contributed by atoms with Crippen molar-refractivity contribution in [2.75, 3.05) is 11.1 Å². The number of anilines is 1. The smallest absolute Gasteiger partial charge is 0.310 e. The Hall–Kier alpha value is -2.41. The van der Waals surface area contributed by atoms with Gasteiger partial charge in [-0.1, -0.05) is 18.2 Å². The average Bonchev–Trinajstić information content (AvgIpc) is 2.58. The van der Waals surface area contributed by atoms with Gasteiger partial charge in [-0.2, -0.15) is 0 Å². The van der Waals surface area contributed by atoms with Gasteiger partial charge in [0.25, 0.3) is 0 Å². The number of halogens is 2. The van der Waals surface area contributed by atoms with Gasteiger partial charge in [0.2, 0.25) is 5.91 Å². The van der Waals surface area contributed by atoms with Crippen LogP contribution in [0.2, 0.25) is 0 Å². The molecule has 1 N–H and O–H groups in total. The third-order valence-electron chi connectivity index (χ3n) is 3.54. The number of esters is 1. The minimum Gasteiger partial charge on any atom is -0.460 e. The highest BCUT2D eigenvalue weighted by atomic mass is 32.2. The summed E-state index contributed by atoms with van der Waals surface area (Å²) in [6.45, 7) is 5.38. The van der Waals surface area contributed by atoms with Crippen LogP contribution in [-0.4, -0.2) is 23.2 Å². The number of benzene rings is 2. The van der Waals surface area contributed by atoms with Crippen molar-refractivity contribution in [2.45, 2.75) is 44.1 Å². The van der Waals surface area contributed by atoms with Gasteiger partial charge in [0.1, 0.15) is 5.60 Å². The van der Waals surface area contributed by atoms with Crippen LogP contribution in [-0.2, 0) is 20.7 Å². The first kappa shape index (κ1) is 21.9. The minimum atomic E-state index is -0.912. The Balaban J connectivity index is 1.89. The van der Waals surface area contributed by atoms with Crippen molar-refractivity contribution in [3.8, 4) is 0 Å². The molecule has 4 nitrogen and oxygen atoms in total. The van der Waals surface area contributed by atoms with Crippen LogP contribution in [0.3, 0.4) is 0 Å². The summed E-state index contributed by atoms with van der Waals surface area (Å²) in [5, 5.41) is 2.79. The van der Waals surface area contributed by atoms with Crippen molar-refractivity contribution in [3.05, 3.63) is 59.7 Å². The molecule has 0 spiro atoms. The number of hydrogen-bond acceptors (Lipinski definition) is 4. The number of thioether (sulfide) groups is 1. The zero-order valence-electron chi connectivity index (χ0n) is 16.1. The number of ether oxygens (including phenoxy) is 1. The van der Waals surface area contributed by atoms with E-state index in [0.717, 1.165) is 12.1 Å². The molecule has 0 saturated carbocycles. The second kappa shape index (κ2) is 9.68. The maximum atomic E-state index is 13.2. The van der Waals surface area contributed by atoms with E-state index >= 15 is 0 Å². The Labute approximate surface area is 167 Å². The Bertz CT molecular complexity index is 850. The van der Waals surface area contributed by atoms with Crippen molar-refractivity contribution < 1.29 is 23.1 Å². The van der Waals surface area contributed by atoms with Crippen LogP contribution in [0, 0.1) is 11.6 Å². The van der Waals surface area contributed by atoms with Crippen LogP contribution in [0.5, 0.6) is 0 Å². The summed E-state index contributed by atoms with van der Waals surface area (Å²) in [6.07, 6.45) is 0.238. The minimum absolute atomic E-state index is 0.0529. The van der Waals surface area contributed by atoms with Crippen LogP contribution in [0.25, 0.3) is 0 Å². The van der Waals surface area contributed by atoms with E-state index in [1.165, 1.54) is 17.8 Å².